The third kappa shape index (κ3) is 2.31. The molecule has 0 amide bonds. The fourth-order valence-electron chi connectivity index (χ4n) is 1.71. The Morgan fingerprint density at radius 3 is 3.00 bits per heavy atom. The molecule has 0 bridgehead atoms. The molecule has 0 aromatic carbocycles. The highest BCUT2D eigenvalue weighted by molar-refractivity contribution is 7.09. The second-order valence-electron chi connectivity index (χ2n) is 3.77. The van der Waals surface area contributed by atoms with Gasteiger partial charge in [-0.2, -0.15) is 5.10 Å². The average molecular weight is 236 g/mol. The Balaban J connectivity index is 2.11. The van der Waals surface area contributed by atoms with Gasteiger partial charge < -0.3 is 5.73 Å². The maximum absolute atomic E-state index is 6.16. The Labute approximate surface area is 99.1 Å². The molecular weight excluding hydrogens is 220 g/mol. The molecule has 0 aliphatic heterocycles. The minimum atomic E-state index is -0.0204. The average Bonchev–Trinajstić information content (AvgIpc) is 2.86. The predicted octanol–water partition coefficient (Wildman–Crippen LogP) is 1.91. The molecule has 4 nitrogen and oxygen atoms in total. The Morgan fingerprint density at radius 1 is 1.56 bits per heavy atom. The SMILES string of the molecule is CCn1nccc1C(N)Cc1nc(C)cs1. The Hall–Kier alpha value is -1.20. The lowest BCUT2D eigenvalue weighted by Gasteiger charge is -2.11. The molecule has 86 valence electrons. The molecule has 1 atom stereocenters. The summed E-state index contributed by atoms with van der Waals surface area (Å²) in [5.41, 5.74) is 8.31. The molecule has 0 aliphatic carbocycles. The largest absolute Gasteiger partial charge is 0.322 e. The van der Waals surface area contributed by atoms with Crippen LogP contribution in [0.4, 0.5) is 0 Å². The van der Waals surface area contributed by atoms with Crippen LogP contribution < -0.4 is 5.73 Å². The number of aromatic nitrogens is 3. The molecule has 2 heterocycles. The summed E-state index contributed by atoms with van der Waals surface area (Å²) in [7, 11) is 0. The highest BCUT2D eigenvalue weighted by atomic mass is 32.1. The smallest absolute Gasteiger partial charge is 0.0947 e. The normalized spacial score (nSPS) is 12.9. The lowest BCUT2D eigenvalue weighted by molar-refractivity contribution is 0.568. The zero-order valence-corrected chi connectivity index (χ0v) is 10.4. The van der Waals surface area contributed by atoms with Crippen LogP contribution in [0.1, 0.15) is 29.4 Å². The van der Waals surface area contributed by atoms with Gasteiger partial charge in [-0.1, -0.05) is 0 Å². The number of rotatable bonds is 4. The molecule has 2 aromatic rings. The van der Waals surface area contributed by atoms with Gasteiger partial charge in [-0.05, 0) is 19.9 Å². The first-order valence-corrected chi connectivity index (χ1v) is 6.27. The Morgan fingerprint density at radius 2 is 2.38 bits per heavy atom. The predicted molar refractivity (Wildman–Crippen MR) is 65.4 cm³/mol. The van der Waals surface area contributed by atoms with E-state index in [1.807, 2.05) is 17.7 Å². The quantitative estimate of drug-likeness (QED) is 0.882. The van der Waals surface area contributed by atoms with Gasteiger partial charge in [-0.3, -0.25) is 4.68 Å². The molecule has 2 aromatic heterocycles. The molecule has 5 heteroatoms. The van der Waals surface area contributed by atoms with E-state index in [0.717, 1.165) is 29.4 Å². The van der Waals surface area contributed by atoms with Crippen molar-refractivity contribution in [1.29, 1.82) is 0 Å². The van der Waals surface area contributed by atoms with Crippen LogP contribution in [0, 0.1) is 6.92 Å². The lowest BCUT2D eigenvalue weighted by Crippen LogP contribution is -2.18. The molecule has 1 unspecified atom stereocenters. The number of thiazole rings is 1. The van der Waals surface area contributed by atoms with Gasteiger partial charge in [0.15, 0.2) is 0 Å². The summed E-state index contributed by atoms with van der Waals surface area (Å²) in [4.78, 5) is 4.42. The van der Waals surface area contributed by atoms with Gasteiger partial charge in [0.25, 0.3) is 0 Å². The molecule has 0 saturated carbocycles. The minimum absolute atomic E-state index is 0.0204. The Kier molecular flexibility index (Phi) is 3.36. The Bertz CT molecular complexity index is 460. The summed E-state index contributed by atoms with van der Waals surface area (Å²) in [6.45, 7) is 4.92. The first-order valence-electron chi connectivity index (χ1n) is 5.39. The molecule has 16 heavy (non-hydrogen) atoms. The van der Waals surface area contributed by atoms with E-state index in [0.29, 0.717) is 0 Å². The van der Waals surface area contributed by atoms with Crippen LogP contribution >= 0.6 is 11.3 Å². The summed E-state index contributed by atoms with van der Waals surface area (Å²) < 4.78 is 1.94. The van der Waals surface area contributed by atoms with Crippen LogP contribution in [0.3, 0.4) is 0 Å². The van der Waals surface area contributed by atoms with Crippen molar-refractivity contribution >= 4 is 11.3 Å². The van der Waals surface area contributed by atoms with Gasteiger partial charge in [-0.25, -0.2) is 4.98 Å². The van der Waals surface area contributed by atoms with Crippen LogP contribution in [0.2, 0.25) is 0 Å². The second-order valence-corrected chi connectivity index (χ2v) is 4.71. The maximum atomic E-state index is 6.16. The number of hydrogen-bond acceptors (Lipinski definition) is 4. The van der Waals surface area contributed by atoms with Gasteiger partial charge in [0, 0.05) is 30.2 Å². The first kappa shape index (κ1) is 11.3. The van der Waals surface area contributed by atoms with Crippen LogP contribution in [-0.2, 0) is 13.0 Å². The third-order valence-electron chi connectivity index (χ3n) is 2.49. The summed E-state index contributed by atoms with van der Waals surface area (Å²) in [5.74, 6) is 0. The van der Waals surface area contributed by atoms with Crippen molar-refractivity contribution in [3.05, 3.63) is 34.0 Å². The van der Waals surface area contributed by atoms with Crippen molar-refractivity contribution in [3.8, 4) is 0 Å². The number of nitrogens with zero attached hydrogens (tertiary/aromatic N) is 3. The molecule has 0 spiro atoms. The molecule has 0 aliphatic rings. The second kappa shape index (κ2) is 4.76. The summed E-state index contributed by atoms with van der Waals surface area (Å²) in [5, 5.41) is 7.37. The van der Waals surface area contributed by atoms with E-state index >= 15 is 0 Å². The van der Waals surface area contributed by atoms with Crippen LogP contribution in [0.25, 0.3) is 0 Å². The van der Waals surface area contributed by atoms with Crippen molar-refractivity contribution in [2.75, 3.05) is 0 Å². The van der Waals surface area contributed by atoms with Gasteiger partial charge in [-0.15, -0.1) is 11.3 Å². The maximum Gasteiger partial charge on any atom is 0.0947 e. The fourth-order valence-corrected chi connectivity index (χ4v) is 2.54. The lowest BCUT2D eigenvalue weighted by atomic mass is 10.1. The van der Waals surface area contributed by atoms with E-state index in [2.05, 4.69) is 22.4 Å². The highest BCUT2D eigenvalue weighted by Gasteiger charge is 2.13. The third-order valence-corrected chi connectivity index (χ3v) is 3.48. The van der Waals surface area contributed by atoms with E-state index in [1.54, 1.807) is 17.5 Å². The summed E-state index contributed by atoms with van der Waals surface area (Å²) in [6.07, 6.45) is 2.58. The van der Waals surface area contributed by atoms with Crippen LogP contribution in [-0.4, -0.2) is 14.8 Å². The monoisotopic (exact) mass is 236 g/mol. The molecule has 2 N–H and O–H groups in total. The number of hydrogen-bond donors (Lipinski definition) is 1. The zero-order valence-electron chi connectivity index (χ0n) is 9.55. The van der Waals surface area contributed by atoms with Crippen molar-refractivity contribution in [1.82, 2.24) is 14.8 Å². The van der Waals surface area contributed by atoms with Crippen molar-refractivity contribution < 1.29 is 0 Å². The van der Waals surface area contributed by atoms with Gasteiger partial charge in [0.2, 0.25) is 0 Å². The van der Waals surface area contributed by atoms with Gasteiger partial charge >= 0.3 is 0 Å². The molecule has 0 radical (unpaired) electrons. The molecule has 0 fully saturated rings. The summed E-state index contributed by atoms with van der Waals surface area (Å²) >= 11 is 1.67. The van der Waals surface area contributed by atoms with E-state index in [4.69, 9.17) is 5.73 Å². The first-order chi connectivity index (χ1) is 7.70. The van der Waals surface area contributed by atoms with Crippen molar-refractivity contribution in [2.45, 2.75) is 32.9 Å². The van der Waals surface area contributed by atoms with E-state index < -0.39 is 0 Å². The van der Waals surface area contributed by atoms with E-state index in [9.17, 15) is 0 Å². The number of aryl methyl sites for hydroxylation is 2. The minimum Gasteiger partial charge on any atom is -0.322 e. The molecule has 2 rings (SSSR count). The van der Waals surface area contributed by atoms with E-state index in [-0.39, 0.29) is 6.04 Å². The number of nitrogens with two attached hydrogens (primary N) is 1. The van der Waals surface area contributed by atoms with E-state index in [1.165, 1.54) is 0 Å². The summed E-state index contributed by atoms with van der Waals surface area (Å²) in [6, 6.07) is 1.96. The van der Waals surface area contributed by atoms with Gasteiger partial charge in [0.1, 0.15) is 0 Å². The standard InChI is InChI=1S/C11H16N4S/c1-3-15-10(4-5-13-15)9(12)6-11-14-8(2)7-16-11/h4-5,7,9H,3,6,12H2,1-2H3. The zero-order chi connectivity index (χ0) is 11.5. The van der Waals surface area contributed by atoms with Crippen LogP contribution in [0.5, 0.6) is 0 Å². The van der Waals surface area contributed by atoms with Crippen molar-refractivity contribution in [2.24, 2.45) is 5.73 Å². The molecular formula is C11H16N4S. The fraction of sp³-hybridized carbons (Fsp3) is 0.455. The van der Waals surface area contributed by atoms with Crippen molar-refractivity contribution in [3.63, 3.8) is 0 Å². The van der Waals surface area contributed by atoms with Crippen LogP contribution in [0.15, 0.2) is 17.6 Å². The van der Waals surface area contributed by atoms with Gasteiger partial charge in [0.05, 0.1) is 16.7 Å². The molecule has 0 saturated heterocycles. The topological polar surface area (TPSA) is 56.7 Å². The highest BCUT2D eigenvalue weighted by Crippen LogP contribution is 2.18.